The Morgan fingerprint density at radius 2 is 1.73 bits per heavy atom. The fourth-order valence-electron chi connectivity index (χ4n) is 8.69. The van der Waals surface area contributed by atoms with E-state index in [0.29, 0.717) is 27.5 Å². The van der Waals surface area contributed by atoms with Gasteiger partial charge >= 0.3 is 5.97 Å². The van der Waals surface area contributed by atoms with Gasteiger partial charge in [-0.1, -0.05) is 53.1 Å². The topological polar surface area (TPSA) is 163 Å². The summed E-state index contributed by atoms with van der Waals surface area (Å²) in [5.74, 6) is -6.89. The number of rotatable bonds is 10. The molecule has 1 saturated carbocycles. The van der Waals surface area contributed by atoms with Crippen molar-refractivity contribution in [1.29, 1.82) is 0 Å². The summed E-state index contributed by atoms with van der Waals surface area (Å²) in [6.07, 6.45) is 1.70. The van der Waals surface area contributed by atoms with Crippen LogP contribution in [0.1, 0.15) is 43.2 Å². The Kier molecular flexibility index (Phi) is 9.16. The number of carboxylic acid groups (broad SMARTS) is 1. The molecular formula is C38H35Cl2N3O9. The second kappa shape index (κ2) is 13.5. The monoisotopic (exact) mass is 747 g/mol. The summed E-state index contributed by atoms with van der Waals surface area (Å²) in [5, 5.41) is 21.6. The fourth-order valence-corrected chi connectivity index (χ4v) is 9.14. The molecule has 2 aliphatic heterocycles. The number of carboxylic acids is 1. The van der Waals surface area contributed by atoms with Gasteiger partial charge in [0.25, 0.3) is 11.8 Å². The standard InChI is InChI=1S/C38H35Cl2N3O9/c1-3-52-30-16-19(4-13-29(30)44)33-23-10-11-24-32(36(49)42(34(24)47)15-14-31(45)46)25(23)18-26-35(48)43(41-28-12-7-21(39)17-27(28)40)37(50)38(26,33)20-5-8-22(51-2)9-6-20/h4-10,12-13,16-17,24-26,32-33,41,44H,3,11,14-15,18H2,1-2H3,(H,45,46). The third kappa shape index (κ3) is 5.47. The maximum atomic E-state index is 15.3. The van der Waals surface area contributed by atoms with Gasteiger partial charge in [-0.3, -0.25) is 34.3 Å². The number of nitrogens with one attached hydrogen (secondary N) is 1. The van der Waals surface area contributed by atoms with E-state index in [1.54, 1.807) is 55.5 Å². The van der Waals surface area contributed by atoms with E-state index in [1.165, 1.54) is 19.2 Å². The molecule has 270 valence electrons. The molecule has 7 rings (SSSR count). The molecule has 0 radical (unpaired) electrons. The molecule has 3 aromatic carbocycles. The first kappa shape index (κ1) is 35.3. The number of likely N-dealkylation sites (tertiary alicyclic amines) is 1. The van der Waals surface area contributed by atoms with Crippen molar-refractivity contribution in [3.05, 3.63) is 93.5 Å². The number of anilines is 1. The predicted octanol–water partition coefficient (Wildman–Crippen LogP) is 5.57. The lowest BCUT2D eigenvalue weighted by molar-refractivity contribution is -0.143. The molecule has 4 aliphatic rings. The number of fused-ring (bicyclic) bond motifs is 4. The summed E-state index contributed by atoms with van der Waals surface area (Å²) in [7, 11) is 1.52. The van der Waals surface area contributed by atoms with E-state index in [4.69, 9.17) is 32.7 Å². The number of amides is 4. The Morgan fingerprint density at radius 3 is 2.40 bits per heavy atom. The number of aliphatic carboxylic acids is 1. The van der Waals surface area contributed by atoms with E-state index in [2.05, 4.69) is 5.43 Å². The SMILES string of the molecule is CCOc1cc(C2C3=CCC4C(=O)N(CCC(=O)O)C(=O)C4C3CC3C(=O)N(Nc4ccc(Cl)cc4Cl)C(=O)C32c2ccc(OC)cc2)ccc1O. The molecule has 2 heterocycles. The van der Waals surface area contributed by atoms with Gasteiger partial charge in [0.1, 0.15) is 5.75 Å². The summed E-state index contributed by atoms with van der Waals surface area (Å²) in [6.45, 7) is 1.74. The average molecular weight is 749 g/mol. The van der Waals surface area contributed by atoms with Gasteiger partial charge in [0.15, 0.2) is 11.5 Å². The molecule has 6 atom stereocenters. The predicted molar refractivity (Wildman–Crippen MR) is 189 cm³/mol. The number of nitrogens with zero attached hydrogens (tertiary/aromatic N) is 2. The zero-order valence-corrected chi connectivity index (χ0v) is 29.7. The highest BCUT2D eigenvalue weighted by atomic mass is 35.5. The van der Waals surface area contributed by atoms with Crippen molar-refractivity contribution in [2.75, 3.05) is 25.7 Å². The van der Waals surface area contributed by atoms with E-state index in [0.717, 1.165) is 9.91 Å². The molecule has 0 bridgehead atoms. The van der Waals surface area contributed by atoms with Gasteiger partial charge in [-0.25, -0.2) is 0 Å². The Balaban J connectivity index is 1.45. The summed E-state index contributed by atoms with van der Waals surface area (Å²) >= 11 is 12.7. The molecule has 2 aliphatic carbocycles. The van der Waals surface area contributed by atoms with Crippen LogP contribution in [0.5, 0.6) is 17.2 Å². The zero-order valence-electron chi connectivity index (χ0n) is 28.2. The lowest BCUT2D eigenvalue weighted by atomic mass is 9.49. The van der Waals surface area contributed by atoms with Gasteiger partial charge in [0.05, 0.1) is 54.0 Å². The number of imide groups is 2. The van der Waals surface area contributed by atoms with Crippen molar-refractivity contribution in [3.8, 4) is 17.2 Å². The number of phenols is 1. The number of hydrazine groups is 1. The first-order valence-electron chi connectivity index (χ1n) is 16.9. The third-order valence-corrected chi connectivity index (χ3v) is 11.4. The average Bonchev–Trinajstić information content (AvgIpc) is 3.49. The summed E-state index contributed by atoms with van der Waals surface area (Å²) in [6, 6.07) is 16.3. The van der Waals surface area contributed by atoms with E-state index in [1.807, 2.05) is 6.08 Å². The Hall–Kier alpha value is -5.07. The highest BCUT2D eigenvalue weighted by molar-refractivity contribution is 6.36. The van der Waals surface area contributed by atoms with Gasteiger partial charge in [-0.05, 0) is 79.3 Å². The molecule has 0 spiro atoms. The molecule has 0 aromatic heterocycles. The zero-order chi connectivity index (χ0) is 37.1. The number of ether oxygens (including phenoxy) is 2. The summed E-state index contributed by atoms with van der Waals surface area (Å²) in [5.41, 5.74) is 3.36. The van der Waals surface area contributed by atoms with Gasteiger partial charge in [0, 0.05) is 17.5 Å². The van der Waals surface area contributed by atoms with Crippen LogP contribution in [-0.2, 0) is 29.4 Å². The number of halogens is 2. The molecule has 3 fully saturated rings. The molecular weight excluding hydrogens is 713 g/mol. The summed E-state index contributed by atoms with van der Waals surface area (Å²) in [4.78, 5) is 70.3. The van der Waals surface area contributed by atoms with Crippen LogP contribution in [-0.4, -0.2) is 70.0 Å². The lowest BCUT2D eigenvalue weighted by Crippen LogP contribution is -2.53. The van der Waals surface area contributed by atoms with Crippen molar-refractivity contribution >= 4 is 58.5 Å². The van der Waals surface area contributed by atoms with Crippen LogP contribution >= 0.6 is 23.2 Å². The number of carbonyl (C=O) groups excluding carboxylic acids is 4. The van der Waals surface area contributed by atoms with Crippen molar-refractivity contribution in [2.45, 2.75) is 37.5 Å². The Labute approximate surface area is 308 Å². The fraction of sp³-hybridized carbons (Fsp3) is 0.342. The van der Waals surface area contributed by atoms with Gasteiger partial charge in [-0.2, -0.15) is 5.01 Å². The smallest absolute Gasteiger partial charge is 0.305 e. The maximum absolute atomic E-state index is 15.3. The molecule has 52 heavy (non-hydrogen) atoms. The number of phenolic OH excluding ortho intramolecular Hbond substituents is 1. The van der Waals surface area contributed by atoms with Crippen LogP contribution in [0.3, 0.4) is 0 Å². The van der Waals surface area contributed by atoms with Crippen LogP contribution in [0, 0.1) is 23.7 Å². The highest BCUT2D eigenvalue weighted by Crippen LogP contribution is 2.64. The number of benzene rings is 3. The lowest BCUT2D eigenvalue weighted by Gasteiger charge is -2.50. The first-order valence-corrected chi connectivity index (χ1v) is 17.6. The minimum Gasteiger partial charge on any atom is -0.504 e. The number of hydrogen-bond donors (Lipinski definition) is 3. The number of hydrogen-bond acceptors (Lipinski definition) is 9. The van der Waals surface area contributed by atoms with Crippen molar-refractivity contribution in [3.63, 3.8) is 0 Å². The minimum absolute atomic E-state index is 0.0365. The Morgan fingerprint density at radius 1 is 0.981 bits per heavy atom. The van der Waals surface area contributed by atoms with E-state index < -0.39 is 71.0 Å². The van der Waals surface area contributed by atoms with Gasteiger partial charge in [-0.15, -0.1) is 0 Å². The van der Waals surface area contributed by atoms with Crippen molar-refractivity contribution < 1.29 is 43.7 Å². The molecule has 14 heteroatoms. The molecule has 4 amide bonds. The van der Waals surface area contributed by atoms with Crippen LogP contribution in [0.4, 0.5) is 5.69 Å². The Bertz CT molecular complexity index is 2040. The van der Waals surface area contributed by atoms with Crippen LogP contribution in [0.2, 0.25) is 10.0 Å². The van der Waals surface area contributed by atoms with E-state index in [9.17, 15) is 29.4 Å². The number of methoxy groups -OCH3 is 1. The van der Waals surface area contributed by atoms with Crippen LogP contribution in [0.25, 0.3) is 0 Å². The quantitative estimate of drug-likeness (QED) is 0.177. The largest absolute Gasteiger partial charge is 0.504 e. The molecule has 3 N–H and O–H groups in total. The van der Waals surface area contributed by atoms with Crippen molar-refractivity contribution in [2.24, 2.45) is 23.7 Å². The van der Waals surface area contributed by atoms with Gasteiger partial charge < -0.3 is 19.7 Å². The molecule has 6 unspecified atom stereocenters. The number of allylic oxidation sites excluding steroid dienone is 2. The normalized spacial score (nSPS) is 26.5. The van der Waals surface area contributed by atoms with Gasteiger partial charge in [0.2, 0.25) is 11.8 Å². The van der Waals surface area contributed by atoms with Crippen LogP contribution in [0.15, 0.2) is 72.3 Å². The number of aromatic hydroxyl groups is 1. The van der Waals surface area contributed by atoms with E-state index >= 15 is 4.79 Å². The molecule has 2 saturated heterocycles. The second-order valence-electron chi connectivity index (χ2n) is 13.3. The number of carbonyl (C=O) groups is 5. The van der Waals surface area contributed by atoms with Crippen LogP contribution < -0.4 is 14.9 Å². The third-order valence-electron chi connectivity index (χ3n) is 10.8. The molecule has 12 nitrogen and oxygen atoms in total. The molecule has 3 aromatic rings. The highest BCUT2D eigenvalue weighted by Gasteiger charge is 2.70. The first-order chi connectivity index (χ1) is 24.9. The minimum atomic E-state index is -1.60. The van der Waals surface area contributed by atoms with Crippen molar-refractivity contribution in [1.82, 2.24) is 9.91 Å². The summed E-state index contributed by atoms with van der Waals surface area (Å²) < 4.78 is 11.2. The second-order valence-corrected chi connectivity index (χ2v) is 14.2. The van der Waals surface area contributed by atoms with E-state index in [-0.39, 0.29) is 48.2 Å². The maximum Gasteiger partial charge on any atom is 0.305 e.